The highest BCUT2D eigenvalue weighted by Gasteiger charge is 2.25. The number of benzene rings is 2. The molecule has 0 fully saturated rings. The second-order valence-corrected chi connectivity index (χ2v) is 14.0. The van der Waals surface area contributed by atoms with Crippen molar-refractivity contribution in [3.05, 3.63) is 64.7 Å². The number of unbranched alkanes of at least 4 members (excludes halogenated alkanes) is 14. The second kappa shape index (κ2) is 24.6. The molecule has 0 heterocycles. The normalized spacial score (nSPS) is 13.2. The number of hydrogen-bond acceptors (Lipinski definition) is 5. The maximum Gasteiger partial charge on any atom is 0.178 e. The van der Waals surface area contributed by atoms with Crippen LogP contribution in [0.1, 0.15) is 159 Å². The fraction of sp³-hybridized carbons (Fsp3) is 0.643. The highest BCUT2D eigenvalue weighted by molar-refractivity contribution is 5.78. The first-order chi connectivity index (χ1) is 22.7. The van der Waals surface area contributed by atoms with E-state index in [-0.39, 0.29) is 23.6 Å². The molecule has 0 aliphatic carbocycles. The van der Waals surface area contributed by atoms with E-state index in [1.165, 1.54) is 83.5 Å². The van der Waals surface area contributed by atoms with E-state index in [9.17, 15) is 20.1 Å². The average Bonchev–Trinajstić information content (AvgIpc) is 3.03. The molecule has 5 heteroatoms. The molecule has 264 valence electrons. The Morgan fingerprint density at radius 3 is 1.77 bits per heavy atom. The number of aromatic hydroxyl groups is 1. The van der Waals surface area contributed by atoms with Gasteiger partial charge in [0.05, 0.1) is 6.10 Å². The van der Waals surface area contributed by atoms with Crippen molar-refractivity contribution in [1.29, 1.82) is 0 Å². The van der Waals surface area contributed by atoms with E-state index < -0.39 is 12.4 Å². The number of aliphatic hydroxyl groups is 2. The van der Waals surface area contributed by atoms with Crippen molar-refractivity contribution in [3.8, 4) is 5.75 Å². The fourth-order valence-corrected chi connectivity index (χ4v) is 6.25. The third-order valence-corrected chi connectivity index (χ3v) is 9.15. The standard InChI is InChI=1S/C42H66O5/c1-5-6-7-8-9-10-11-12-13-14-15-16-17-18-19-20-38(43)27-28-40(33(2)3)47-41(42(45)46)32-37-30-34(4)29-36(31-37)22-21-35-23-25-39(44)26-24-35/h21-26,29-31,33,40-42,44-46H,5-20,27-28,32H2,1-4H3/b22-21+. The van der Waals surface area contributed by atoms with Crippen LogP contribution in [-0.4, -0.2) is 39.6 Å². The molecule has 0 aliphatic heterocycles. The number of carbonyl (C=O) groups is 1. The van der Waals surface area contributed by atoms with Crippen molar-refractivity contribution in [3.63, 3.8) is 0 Å². The van der Waals surface area contributed by atoms with Gasteiger partial charge < -0.3 is 20.1 Å². The number of carbonyl (C=O) groups excluding carboxylic acids is 1. The van der Waals surface area contributed by atoms with Gasteiger partial charge in [-0.2, -0.15) is 0 Å². The number of aliphatic hydroxyl groups excluding tert-OH is 1. The molecule has 2 aromatic rings. The van der Waals surface area contributed by atoms with E-state index >= 15 is 0 Å². The quantitative estimate of drug-likeness (QED) is 0.0509. The van der Waals surface area contributed by atoms with Crippen molar-refractivity contribution in [1.82, 2.24) is 0 Å². The van der Waals surface area contributed by atoms with Gasteiger partial charge >= 0.3 is 0 Å². The molecule has 47 heavy (non-hydrogen) atoms. The van der Waals surface area contributed by atoms with Crippen molar-refractivity contribution in [2.75, 3.05) is 0 Å². The van der Waals surface area contributed by atoms with Crippen molar-refractivity contribution < 1.29 is 24.9 Å². The summed E-state index contributed by atoms with van der Waals surface area (Å²) >= 11 is 0. The molecule has 0 bridgehead atoms. The summed E-state index contributed by atoms with van der Waals surface area (Å²) < 4.78 is 6.29. The summed E-state index contributed by atoms with van der Waals surface area (Å²) in [6.07, 6.45) is 23.1. The van der Waals surface area contributed by atoms with Crippen molar-refractivity contribution in [2.24, 2.45) is 5.92 Å². The molecule has 2 unspecified atom stereocenters. The summed E-state index contributed by atoms with van der Waals surface area (Å²) in [5.74, 6) is 0.660. The van der Waals surface area contributed by atoms with E-state index in [2.05, 4.69) is 26.8 Å². The molecule has 2 aromatic carbocycles. The third kappa shape index (κ3) is 19.2. The molecular formula is C42H66O5. The molecule has 2 atom stereocenters. The number of Topliss-reactive ketones (excluding diaryl/α,β-unsaturated/α-hetero) is 1. The van der Waals surface area contributed by atoms with Crippen LogP contribution in [0.4, 0.5) is 0 Å². The van der Waals surface area contributed by atoms with E-state index in [4.69, 9.17) is 4.74 Å². The number of hydrogen-bond donors (Lipinski definition) is 3. The number of phenolic OH excluding ortho intramolecular Hbond substituents is 1. The van der Waals surface area contributed by atoms with E-state index in [0.29, 0.717) is 25.7 Å². The minimum Gasteiger partial charge on any atom is -0.508 e. The first-order valence-electron chi connectivity index (χ1n) is 18.8. The predicted octanol–water partition coefficient (Wildman–Crippen LogP) is 10.7. The SMILES string of the molecule is CCCCCCCCCCCCCCCCCC(=O)CCC(OC(Cc1cc(C)cc(/C=C/c2ccc(O)cc2)c1)C(O)O)C(C)C. The first kappa shape index (κ1) is 40.7. The smallest absolute Gasteiger partial charge is 0.178 e. The Morgan fingerprint density at radius 2 is 1.23 bits per heavy atom. The molecule has 5 nitrogen and oxygen atoms in total. The third-order valence-electron chi connectivity index (χ3n) is 9.15. The highest BCUT2D eigenvalue weighted by atomic mass is 16.6. The molecule has 2 rings (SSSR count). The lowest BCUT2D eigenvalue weighted by Gasteiger charge is -2.29. The Kier molecular flexibility index (Phi) is 21.3. The maximum atomic E-state index is 12.7. The first-order valence-corrected chi connectivity index (χ1v) is 18.8. The van der Waals surface area contributed by atoms with Crippen LogP contribution < -0.4 is 0 Å². The van der Waals surface area contributed by atoms with Crippen LogP contribution in [0.2, 0.25) is 0 Å². The molecule has 0 saturated heterocycles. The van der Waals surface area contributed by atoms with E-state index in [1.54, 1.807) is 12.1 Å². The van der Waals surface area contributed by atoms with Gasteiger partial charge in [-0.1, -0.05) is 159 Å². The number of phenols is 1. The van der Waals surface area contributed by atoms with Gasteiger partial charge in [0.1, 0.15) is 17.6 Å². The van der Waals surface area contributed by atoms with Crippen molar-refractivity contribution >= 4 is 17.9 Å². The van der Waals surface area contributed by atoms with E-state index in [1.807, 2.05) is 43.3 Å². The van der Waals surface area contributed by atoms with Gasteiger partial charge in [0, 0.05) is 19.3 Å². The summed E-state index contributed by atoms with van der Waals surface area (Å²) in [6.45, 7) is 8.41. The highest BCUT2D eigenvalue weighted by Crippen LogP contribution is 2.22. The Balaban J connectivity index is 1.69. The number of ether oxygens (including phenoxy) is 1. The molecule has 3 N–H and O–H groups in total. The summed E-state index contributed by atoms with van der Waals surface area (Å²) in [6, 6.07) is 13.2. The minimum atomic E-state index is -1.62. The topological polar surface area (TPSA) is 87.0 Å². The van der Waals surface area contributed by atoms with Crippen LogP contribution in [0, 0.1) is 12.8 Å². The lowest BCUT2D eigenvalue weighted by Crippen LogP contribution is -2.36. The largest absolute Gasteiger partial charge is 0.508 e. The monoisotopic (exact) mass is 650 g/mol. The Labute approximate surface area is 286 Å². The van der Waals surface area contributed by atoms with E-state index in [0.717, 1.165) is 35.1 Å². The van der Waals surface area contributed by atoms with Gasteiger partial charge in [0.15, 0.2) is 6.29 Å². The summed E-state index contributed by atoms with van der Waals surface area (Å²) in [4.78, 5) is 12.7. The van der Waals surface area contributed by atoms with Crippen LogP contribution in [0.3, 0.4) is 0 Å². The average molecular weight is 651 g/mol. The Bertz CT molecular complexity index is 1120. The van der Waals surface area contributed by atoms with Crippen LogP contribution in [-0.2, 0) is 16.0 Å². The number of ketones is 1. The molecule has 0 aromatic heterocycles. The Hall–Kier alpha value is -2.47. The van der Waals surface area contributed by atoms with Gasteiger partial charge in [0.25, 0.3) is 0 Å². The summed E-state index contributed by atoms with van der Waals surface area (Å²) in [5, 5.41) is 30.0. The zero-order valence-electron chi connectivity index (χ0n) is 30.1. The van der Waals surface area contributed by atoms with Crippen molar-refractivity contribution in [2.45, 2.75) is 168 Å². The van der Waals surface area contributed by atoms with Crippen LogP contribution in [0.5, 0.6) is 5.75 Å². The summed E-state index contributed by atoms with van der Waals surface area (Å²) in [7, 11) is 0. The van der Waals surface area contributed by atoms with Gasteiger partial charge in [-0.15, -0.1) is 0 Å². The van der Waals surface area contributed by atoms with Gasteiger partial charge in [-0.3, -0.25) is 4.79 Å². The summed E-state index contributed by atoms with van der Waals surface area (Å²) in [5.41, 5.74) is 4.01. The molecular weight excluding hydrogens is 584 g/mol. The minimum absolute atomic E-state index is 0.149. The van der Waals surface area contributed by atoms with Gasteiger partial charge in [-0.05, 0) is 54.5 Å². The zero-order valence-corrected chi connectivity index (χ0v) is 30.1. The number of aryl methyl sites for hydroxylation is 1. The molecule has 0 spiro atoms. The van der Waals surface area contributed by atoms with Gasteiger partial charge in [-0.25, -0.2) is 0 Å². The molecule has 0 saturated carbocycles. The molecule has 0 amide bonds. The predicted molar refractivity (Wildman–Crippen MR) is 197 cm³/mol. The second-order valence-electron chi connectivity index (χ2n) is 14.0. The number of rotatable bonds is 27. The Morgan fingerprint density at radius 1 is 0.702 bits per heavy atom. The molecule has 0 aliphatic rings. The van der Waals surface area contributed by atoms with Crippen LogP contribution in [0.15, 0.2) is 42.5 Å². The molecule has 0 radical (unpaired) electrons. The fourth-order valence-electron chi connectivity index (χ4n) is 6.25. The lowest BCUT2D eigenvalue weighted by atomic mass is 9.97. The van der Waals surface area contributed by atoms with Gasteiger partial charge in [0.2, 0.25) is 0 Å². The van der Waals surface area contributed by atoms with Crippen LogP contribution >= 0.6 is 0 Å². The maximum absolute atomic E-state index is 12.7. The van der Waals surface area contributed by atoms with Crippen LogP contribution in [0.25, 0.3) is 12.2 Å². The lowest BCUT2D eigenvalue weighted by molar-refractivity contribution is -0.171. The zero-order chi connectivity index (χ0) is 34.3.